The molecule has 14 heavy (non-hydrogen) atoms. The minimum absolute atomic E-state index is 0.841. The standard InChI is InChI=1S/C13H19P/c1-10-9-12(7-8-13(10)14)11-5-3-2-4-6-11/h7-9,11H,2-6,14H2,1H3. The third-order valence-electron chi connectivity index (χ3n) is 3.37. The highest BCUT2D eigenvalue weighted by atomic mass is 31.0. The first kappa shape index (κ1) is 10.2. The van der Waals surface area contributed by atoms with Crippen molar-refractivity contribution in [2.24, 2.45) is 0 Å². The molecular weight excluding hydrogens is 187 g/mol. The van der Waals surface area contributed by atoms with Gasteiger partial charge in [0.05, 0.1) is 0 Å². The van der Waals surface area contributed by atoms with Crippen LogP contribution in [-0.4, -0.2) is 0 Å². The van der Waals surface area contributed by atoms with E-state index in [9.17, 15) is 0 Å². The number of aryl methyl sites for hydroxylation is 1. The molecule has 0 saturated heterocycles. The van der Waals surface area contributed by atoms with Crippen LogP contribution in [0.15, 0.2) is 18.2 Å². The lowest BCUT2D eigenvalue weighted by Gasteiger charge is -2.22. The molecule has 0 aliphatic heterocycles. The van der Waals surface area contributed by atoms with Crippen LogP contribution in [0.3, 0.4) is 0 Å². The molecule has 0 bridgehead atoms. The summed E-state index contributed by atoms with van der Waals surface area (Å²) in [6, 6.07) is 6.92. The van der Waals surface area contributed by atoms with Crippen LogP contribution < -0.4 is 5.30 Å². The predicted molar refractivity (Wildman–Crippen MR) is 66.3 cm³/mol. The fourth-order valence-corrected chi connectivity index (χ4v) is 2.57. The Morgan fingerprint density at radius 3 is 2.50 bits per heavy atom. The molecular formula is C13H19P. The molecule has 0 N–H and O–H groups in total. The van der Waals surface area contributed by atoms with E-state index in [0.29, 0.717) is 0 Å². The van der Waals surface area contributed by atoms with Crippen molar-refractivity contribution >= 4 is 14.5 Å². The first-order valence-electron chi connectivity index (χ1n) is 5.63. The van der Waals surface area contributed by atoms with Crippen molar-refractivity contribution in [1.82, 2.24) is 0 Å². The van der Waals surface area contributed by atoms with Gasteiger partial charge >= 0.3 is 0 Å². The van der Waals surface area contributed by atoms with Crippen molar-refractivity contribution in [3.05, 3.63) is 29.3 Å². The van der Waals surface area contributed by atoms with Crippen LogP contribution in [-0.2, 0) is 0 Å². The summed E-state index contributed by atoms with van der Waals surface area (Å²) in [5, 5.41) is 1.34. The summed E-state index contributed by atoms with van der Waals surface area (Å²) in [6.45, 7) is 2.20. The van der Waals surface area contributed by atoms with Gasteiger partial charge in [0, 0.05) is 0 Å². The van der Waals surface area contributed by atoms with Crippen molar-refractivity contribution in [2.45, 2.75) is 44.9 Å². The molecule has 1 atom stereocenters. The average Bonchev–Trinajstić information content (AvgIpc) is 2.23. The van der Waals surface area contributed by atoms with Gasteiger partial charge in [-0.3, -0.25) is 0 Å². The highest BCUT2D eigenvalue weighted by Gasteiger charge is 2.15. The smallest absolute Gasteiger partial charge is 0.0162 e. The first-order chi connectivity index (χ1) is 6.77. The zero-order chi connectivity index (χ0) is 9.97. The maximum atomic E-state index is 2.80. The first-order valence-corrected chi connectivity index (χ1v) is 6.21. The van der Waals surface area contributed by atoms with Crippen LogP contribution >= 0.6 is 9.24 Å². The van der Waals surface area contributed by atoms with Gasteiger partial charge in [-0.25, -0.2) is 0 Å². The van der Waals surface area contributed by atoms with Gasteiger partial charge in [-0.1, -0.05) is 37.5 Å². The van der Waals surface area contributed by atoms with Gasteiger partial charge in [0.25, 0.3) is 0 Å². The van der Waals surface area contributed by atoms with E-state index in [-0.39, 0.29) is 0 Å². The molecule has 76 valence electrons. The van der Waals surface area contributed by atoms with Crippen LogP contribution in [0.4, 0.5) is 0 Å². The Morgan fingerprint density at radius 1 is 1.14 bits per heavy atom. The van der Waals surface area contributed by atoms with Crippen molar-refractivity contribution in [3.63, 3.8) is 0 Å². The second-order valence-corrected chi connectivity index (χ2v) is 5.07. The Kier molecular flexibility index (Phi) is 3.23. The van der Waals surface area contributed by atoms with Crippen LogP contribution in [0, 0.1) is 6.92 Å². The zero-order valence-corrected chi connectivity index (χ0v) is 10.1. The number of hydrogen-bond donors (Lipinski definition) is 0. The Labute approximate surface area is 89.3 Å². The summed E-state index contributed by atoms with van der Waals surface area (Å²) in [5.74, 6) is 0.841. The quantitative estimate of drug-likeness (QED) is 0.616. The normalized spacial score (nSPS) is 18.4. The van der Waals surface area contributed by atoms with Crippen LogP contribution in [0.25, 0.3) is 0 Å². The summed E-state index contributed by atoms with van der Waals surface area (Å²) < 4.78 is 0. The Bertz CT molecular complexity index is 311. The molecule has 1 aliphatic rings. The van der Waals surface area contributed by atoms with Gasteiger partial charge in [0.2, 0.25) is 0 Å². The monoisotopic (exact) mass is 206 g/mol. The van der Waals surface area contributed by atoms with E-state index in [4.69, 9.17) is 0 Å². The van der Waals surface area contributed by atoms with E-state index >= 15 is 0 Å². The van der Waals surface area contributed by atoms with E-state index in [2.05, 4.69) is 34.4 Å². The zero-order valence-electron chi connectivity index (χ0n) is 8.92. The Morgan fingerprint density at radius 2 is 1.86 bits per heavy atom. The fraction of sp³-hybridized carbons (Fsp3) is 0.538. The minimum atomic E-state index is 0.841. The third-order valence-corrected chi connectivity index (χ3v) is 4.02. The maximum Gasteiger partial charge on any atom is -0.0162 e. The molecule has 0 nitrogen and oxygen atoms in total. The summed E-state index contributed by atoms with van der Waals surface area (Å²) in [4.78, 5) is 0. The molecule has 0 radical (unpaired) electrons. The third kappa shape index (κ3) is 2.17. The summed E-state index contributed by atoms with van der Waals surface area (Å²) in [6.07, 6.45) is 7.08. The van der Waals surface area contributed by atoms with Gasteiger partial charge in [-0.15, -0.1) is 9.24 Å². The summed E-state index contributed by atoms with van der Waals surface area (Å²) >= 11 is 0. The topological polar surface area (TPSA) is 0 Å². The lowest BCUT2D eigenvalue weighted by Crippen LogP contribution is -2.06. The molecule has 1 unspecified atom stereocenters. The Hall–Kier alpha value is -0.350. The highest BCUT2D eigenvalue weighted by molar-refractivity contribution is 7.27. The molecule has 1 aromatic carbocycles. The van der Waals surface area contributed by atoms with E-state index in [1.165, 1.54) is 43.0 Å². The average molecular weight is 206 g/mol. The molecule has 1 saturated carbocycles. The van der Waals surface area contributed by atoms with Crippen molar-refractivity contribution in [1.29, 1.82) is 0 Å². The molecule has 0 aromatic heterocycles. The van der Waals surface area contributed by atoms with Crippen molar-refractivity contribution in [2.75, 3.05) is 0 Å². The van der Waals surface area contributed by atoms with Gasteiger partial charge in [0.15, 0.2) is 0 Å². The predicted octanol–water partition coefficient (Wildman–Crippen LogP) is 3.54. The molecule has 0 amide bonds. The second-order valence-electron chi connectivity index (χ2n) is 4.45. The maximum absolute atomic E-state index is 2.80. The largest absolute Gasteiger partial charge is 0.105 e. The van der Waals surface area contributed by atoms with Crippen LogP contribution in [0.1, 0.15) is 49.1 Å². The minimum Gasteiger partial charge on any atom is -0.105 e. The molecule has 1 heteroatoms. The Balaban J connectivity index is 2.18. The molecule has 1 aromatic rings. The highest BCUT2D eigenvalue weighted by Crippen LogP contribution is 2.32. The SMILES string of the molecule is Cc1cc(C2CCCCC2)ccc1P. The van der Waals surface area contributed by atoms with Gasteiger partial charge in [-0.05, 0) is 42.1 Å². The van der Waals surface area contributed by atoms with Gasteiger partial charge < -0.3 is 0 Å². The molecule has 0 heterocycles. The molecule has 1 aliphatic carbocycles. The lowest BCUT2D eigenvalue weighted by molar-refractivity contribution is 0.443. The fourth-order valence-electron chi connectivity index (χ4n) is 2.39. The number of benzene rings is 1. The van der Waals surface area contributed by atoms with Crippen LogP contribution in [0.2, 0.25) is 0 Å². The summed E-state index contributed by atoms with van der Waals surface area (Å²) in [7, 11) is 2.80. The van der Waals surface area contributed by atoms with E-state index in [1.807, 2.05) is 0 Å². The van der Waals surface area contributed by atoms with E-state index in [1.54, 1.807) is 5.56 Å². The second kappa shape index (κ2) is 4.45. The molecule has 0 spiro atoms. The van der Waals surface area contributed by atoms with Gasteiger partial charge in [-0.2, -0.15) is 0 Å². The number of hydrogen-bond acceptors (Lipinski definition) is 0. The van der Waals surface area contributed by atoms with Crippen LogP contribution in [0.5, 0.6) is 0 Å². The number of rotatable bonds is 1. The molecule has 2 rings (SSSR count). The van der Waals surface area contributed by atoms with E-state index < -0.39 is 0 Å². The van der Waals surface area contributed by atoms with Crippen molar-refractivity contribution in [3.8, 4) is 0 Å². The lowest BCUT2D eigenvalue weighted by atomic mass is 9.84. The van der Waals surface area contributed by atoms with E-state index in [0.717, 1.165) is 5.92 Å². The summed E-state index contributed by atoms with van der Waals surface area (Å²) in [5.41, 5.74) is 2.98. The van der Waals surface area contributed by atoms with Crippen molar-refractivity contribution < 1.29 is 0 Å². The van der Waals surface area contributed by atoms with Gasteiger partial charge in [0.1, 0.15) is 0 Å². The molecule has 1 fully saturated rings.